The Labute approximate surface area is 74.7 Å². The lowest BCUT2D eigenvalue weighted by molar-refractivity contribution is 0.145. The van der Waals surface area contributed by atoms with Crippen LogP contribution >= 0.6 is 0 Å². The van der Waals surface area contributed by atoms with Gasteiger partial charge in [-0.3, -0.25) is 0 Å². The van der Waals surface area contributed by atoms with Crippen LogP contribution in [-0.4, -0.2) is 0 Å². The van der Waals surface area contributed by atoms with Crippen molar-refractivity contribution in [2.24, 2.45) is 35.5 Å². The second kappa shape index (κ2) is 1.91. The van der Waals surface area contributed by atoms with E-state index in [1.807, 2.05) is 0 Å². The minimum atomic E-state index is 1.20. The summed E-state index contributed by atoms with van der Waals surface area (Å²) in [6.07, 6.45) is 9.70. The second-order valence-corrected chi connectivity index (χ2v) is 5.81. The fraction of sp³-hybridized carbons (Fsp3) is 1.00. The summed E-state index contributed by atoms with van der Waals surface area (Å²) in [7, 11) is 0. The summed E-state index contributed by atoms with van der Waals surface area (Å²) in [5.74, 6) is 7.30. The van der Waals surface area contributed by atoms with Crippen molar-refractivity contribution in [2.45, 2.75) is 38.5 Å². The van der Waals surface area contributed by atoms with E-state index >= 15 is 0 Å². The number of hydrogen-bond acceptors (Lipinski definition) is 0. The van der Waals surface area contributed by atoms with E-state index in [9.17, 15) is 0 Å². The normalized spacial score (nSPS) is 66.0. The summed E-state index contributed by atoms with van der Waals surface area (Å²) in [5, 5.41) is 0. The molecule has 0 amide bonds. The van der Waals surface area contributed by atoms with Gasteiger partial charge >= 0.3 is 0 Å². The van der Waals surface area contributed by atoms with E-state index < -0.39 is 0 Å². The number of rotatable bonds is 0. The monoisotopic (exact) mass is 162 g/mol. The second-order valence-electron chi connectivity index (χ2n) is 5.81. The smallest absolute Gasteiger partial charge is 0.0323 e. The van der Waals surface area contributed by atoms with E-state index in [-0.39, 0.29) is 0 Å². The zero-order valence-corrected chi connectivity index (χ0v) is 7.71. The van der Waals surface area contributed by atoms with Crippen molar-refractivity contribution in [2.75, 3.05) is 0 Å². The lowest BCUT2D eigenvalue weighted by Gasteiger charge is -2.34. The van der Waals surface area contributed by atoms with Crippen molar-refractivity contribution in [3.8, 4) is 0 Å². The molecule has 0 aromatic rings. The van der Waals surface area contributed by atoms with Crippen molar-refractivity contribution < 1.29 is 0 Å². The molecule has 0 N–H and O–H groups in total. The Morgan fingerprint density at radius 3 is 2.33 bits per heavy atom. The van der Waals surface area contributed by atoms with Gasteiger partial charge in [0.2, 0.25) is 0 Å². The van der Waals surface area contributed by atoms with E-state index in [2.05, 4.69) is 0 Å². The predicted molar refractivity (Wildman–Crippen MR) is 48.6 cm³/mol. The van der Waals surface area contributed by atoms with E-state index in [1.54, 1.807) is 38.5 Å². The molecule has 0 aromatic heterocycles. The Morgan fingerprint density at radius 1 is 0.583 bits per heavy atom. The van der Waals surface area contributed by atoms with Crippen LogP contribution in [0.25, 0.3) is 0 Å². The van der Waals surface area contributed by atoms with Crippen LogP contribution < -0.4 is 0 Å². The van der Waals surface area contributed by atoms with Crippen LogP contribution in [0.2, 0.25) is 0 Å². The van der Waals surface area contributed by atoms with Crippen LogP contribution in [0.1, 0.15) is 38.5 Å². The molecule has 12 heavy (non-hydrogen) atoms. The van der Waals surface area contributed by atoms with Gasteiger partial charge in [0.1, 0.15) is 0 Å². The lowest BCUT2D eigenvalue weighted by Crippen LogP contribution is -2.27. The first kappa shape index (κ1) is 6.45. The molecule has 0 saturated heterocycles. The molecule has 0 aromatic carbocycles. The molecule has 6 atom stereocenters. The van der Waals surface area contributed by atoms with Gasteiger partial charge in [0, 0.05) is 0 Å². The van der Waals surface area contributed by atoms with Crippen LogP contribution in [0.5, 0.6) is 0 Å². The van der Waals surface area contributed by atoms with Gasteiger partial charge in [-0.1, -0.05) is 0 Å². The van der Waals surface area contributed by atoms with Crippen molar-refractivity contribution in [1.29, 1.82) is 0 Å². The zero-order chi connectivity index (χ0) is 7.71. The molecule has 6 unspecified atom stereocenters. The summed E-state index contributed by atoms with van der Waals surface area (Å²) in [6, 6.07) is 0. The molecule has 0 heterocycles. The fourth-order valence-corrected chi connectivity index (χ4v) is 5.03. The first-order valence-electron chi connectivity index (χ1n) is 5.93. The van der Waals surface area contributed by atoms with Crippen LogP contribution in [0.4, 0.5) is 0 Å². The Hall–Kier alpha value is 0. The van der Waals surface area contributed by atoms with Gasteiger partial charge < -0.3 is 0 Å². The summed E-state index contributed by atoms with van der Waals surface area (Å²) in [6.45, 7) is 0. The molecule has 0 spiro atoms. The molecule has 0 aliphatic heterocycles. The Bertz CT molecular complexity index is 220. The molecule has 66 valence electrons. The van der Waals surface area contributed by atoms with E-state index in [4.69, 9.17) is 0 Å². The summed E-state index contributed by atoms with van der Waals surface area (Å²) in [4.78, 5) is 0. The van der Waals surface area contributed by atoms with E-state index in [0.717, 1.165) is 0 Å². The first-order valence-corrected chi connectivity index (χ1v) is 5.93. The molecule has 2 bridgehead atoms. The minimum absolute atomic E-state index is 1.20. The minimum Gasteiger partial charge on any atom is -0.0499 e. The van der Waals surface area contributed by atoms with Gasteiger partial charge in [-0.2, -0.15) is 0 Å². The van der Waals surface area contributed by atoms with E-state index in [1.165, 1.54) is 35.5 Å². The summed E-state index contributed by atoms with van der Waals surface area (Å²) in [5.41, 5.74) is 0. The molecule has 0 nitrogen and oxygen atoms in total. The maximum absolute atomic E-state index is 1.64. The average Bonchev–Trinajstić information content (AvgIpc) is 2.62. The molecule has 4 rings (SSSR count). The summed E-state index contributed by atoms with van der Waals surface area (Å²) < 4.78 is 0. The van der Waals surface area contributed by atoms with Gasteiger partial charge in [-0.15, -0.1) is 0 Å². The molecule has 4 aliphatic rings. The van der Waals surface area contributed by atoms with Gasteiger partial charge in [0.25, 0.3) is 0 Å². The van der Waals surface area contributed by atoms with Gasteiger partial charge in [-0.25, -0.2) is 0 Å². The average molecular weight is 162 g/mol. The molecule has 4 fully saturated rings. The highest BCUT2D eigenvalue weighted by Crippen LogP contribution is 2.66. The molecular weight excluding hydrogens is 144 g/mol. The predicted octanol–water partition coefficient (Wildman–Crippen LogP) is 3.08. The third-order valence-corrected chi connectivity index (χ3v) is 5.50. The van der Waals surface area contributed by atoms with Gasteiger partial charge in [-0.05, 0) is 74.0 Å². The fourth-order valence-electron chi connectivity index (χ4n) is 5.03. The lowest BCUT2D eigenvalue weighted by atomic mass is 9.71. The molecule has 4 saturated carbocycles. The zero-order valence-electron chi connectivity index (χ0n) is 7.71. The first-order chi connectivity index (χ1) is 5.93. The highest BCUT2D eigenvalue weighted by Gasteiger charge is 2.58. The Kier molecular flexibility index (Phi) is 1.03. The largest absolute Gasteiger partial charge is 0.0499 e. The number of fused-ring (bicyclic) bond motifs is 7. The quantitative estimate of drug-likeness (QED) is 0.513. The van der Waals surface area contributed by atoms with Crippen molar-refractivity contribution in [1.82, 2.24) is 0 Å². The van der Waals surface area contributed by atoms with Crippen LogP contribution in [0.15, 0.2) is 0 Å². The Morgan fingerprint density at radius 2 is 1.33 bits per heavy atom. The standard InChI is InChI=1S/C12H18/c1-2-9-5-7(1)10-4-3-8-6-11(8)12(9)10/h7-12H,1-6H2. The van der Waals surface area contributed by atoms with Gasteiger partial charge in [0.05, 0.1) is 0 Å². The maximum atomic E-state index is 1.64. The molecular formula is C12H18. The van der Waals surface area contributed by atoms with Crippen molar-refractivity contribution in [3.63, 3.8) is 0 Å². The maximum Gasteiger partial charge on any atom is -0.0323 e. The topological polar surface area (TPSA) is 0 Å². The third kappa shape index (κ3) is 0.625. The van der Waals surface area contributed by atoms with Crippen molar-refractivity contribution >= 4 is 0 Å². The molecule has 0 heteroatoms. The molecule has 4 aliphatic carbocycles. The van der Waals surface area contributed by atoms with Gasteiger partial charge in [0.15, 0.2) is 0 Å². The molecule has 0 radical (unpaired) electrons. The van der Waals surface area contributed by atoms with Crippen LogP contribution in [-0.2, 0) is 0 Å². The Balaban J connectivity index is 1.71. The van der Waals surface area contributed by atoms with Crippen LogP contribution in [0.3, 0.4) is 0 Å². The summed E-state index contributed by atoms with van der Waals surface area (Å²) >= 11 is 0. The highest BCUT2D eigenvalue weighted by atomic mass is 14.6. The third-order valence-electron chi connectivity index (χ3n) is 5.50. The SMILES string of the molecule is C1CC2CC1C1CCC3CC3C21. The highest BCUT2D eigenvalue weighted by molar-refractivity contribution is 5.07. The van der Waals surface area contributed by atoms with Crippen LogP contribution in [0, 0.1) is 35.5 Å². The van der Waals surface area contributed by atoms with Crippen molar-refractivity contribution in [3.05, 3.63) is 0 Å². The van der Waals surface area contributed by atoms with E-state index in [0.29, 0.717) is 0 Å². The number of hydrogen-bond donors (Lipinski definition) is 0.